The molecular weight excluding hydrogens is 310 g/mol. The van der Waals surface area contributed by atoms with Gasteiger partial charge in [0, 0.05) is 31.7 Å². The summed E-state index contributed by atoms with van der Waals surface area (Å²) in [4.78, 5) is 0. The molecule has 124 valence electrons. The first-order chi connectivity index (χ1) is 10.5. The molecule has 0 aliphatic carbocycles. The fraction of sp³-hybridized carbons (Fsp3) is 0.846. The molecule has 3 rings (SSSR count). The van der Waals surface area contributed by atoms with Crippen LogP contribution in [0.15, 0.2) is 9.65 Å². The number of sulfonamides is 1. The monoisotopic (exact) mass is 331 g/mol. The number of rotatable bonds is 3. The van der Waals surface area contributed by atoms with E-state index in [2.05, 4.69) is 14.9 Å². The average molecular weight is 331 g/mol. The predicted molar refractivity (Wildman–Crippen MR) is 75.5 cm³/mol. The number of aryl methyl sites for hydroxylation is 1. The van der Waals surface area contributed by atoms with Crippen LogP contribution in [0.4, 0.5) is 0 Å². The Balaban J connectivity index is 1.88. The van der Waals surface area contributed by atoms with E-state index >= 15 is 0 Å². The largest absolute Gasteiger partial charge is 0.392 e. The molecule has 22 heavy (non-hydrogen) atoms. The minimum Gasteiger partial charge on any atom is -0.392 e. The predicted octanol–water partition coefficient (Wildman–Crippen LogP) is 0.184. The number of aliphatic hydroxyl groups excluding tert-OH is 1. The van der Waals surface area contributed by atoms with Crippen LogP contribution < -0.4 is 0 Å². The van der Waals surface area contributed by atoms with Gasteiger partial charge in [-0.2, -0.15) is 4.31 Å². The summed E-state index contributed by atoms with van der Waals surface area (Å²) in [6, 6.07) is 0. The van der Waals surface area contributed by atoms with E-state index in [1.165, 1.54) is 4.31 Å². The lowest BCUT2D eigenvalue weighted by Gasteiger charge is -2.47. The molecule has 1 N–H and O–H groups in total. The van der Waals surface area contributed by atoms with Gasteiger partial charge < -0.3 is 9.84 Å². The van der Waals surface area contributed by atoms with Crippen molar-refractivity contribution in [3.8, 4) is 0 Å². The van der Waals surface area contributed by atoms with E-state index < -0.39 is 21.5 Å². The summed E-state index contributed by atoms with van der Waals surface area (Å²) in [5, 5.41) is 17.5. The zero-order valence-corrected chi connectivity index (χ0v) is 13.4. The molecule has 0 bridgehead atoms. The minimum atomic E-state index is -3.75. The lowest BCUT2D eigenvalue weighted by molar-refractivity contribution is -0.0897. The number of hydrogen-bond acceptors (Lipinski definition) is 7. The van der Waals surface area contributed by atoms with Crippen molar-refractivity contribution in [2.24, 2.45) is 5.41 Å². The quantitative estimate of drug-likeness (QED) is 0.842. The molecule has 2 aliphatic rings. The molecule has 1 aromatic heterocycles. The second-order valence-corrected chi connectivity index (χ2v) is 7.84. The van der Waals surface area contributed by atoms with Gasteiger partial charge in [0.25, 0.3) is 10.0 Å². The zero-order chi connectivity index (χ0) is 15.8. The summed E-state index contributed by atoms with van der Waals surface area (Å²) in [6.07, 6.45) is 1.69. The van der Waals surface area contributed by atoms with E-state index in [9.17, 15) is 13.5 Å². The molecule has 0 amide bonds. The number of ether oxygens (including phenoxy) is 1. The van der Waals surface area contributed by atoms with Gasteiger partial charge in [0.1, 0.15) is 5.69 Å². The zero-order valence-electron chi connectivity index (χ0n) is 12.6. The molecule has 1 atom stereocenters. The van der Waals surface area contributed by atoms with Gasteiger partial charge in [-0.25, -0.2) is 13.0 Å². The van der Waals surface area contributed by atoms with Crippen LogP contribution in [0, 0.1) is 5.41 Å². The number of aliphatic hydroxyl groups is 1. The molecular formula is C13H21N3O5S. The average Bonchev–Trinajstić information content (AvgIpc) is 3.00. The highest BCUT2D eigenvalue weighted by Crippen LogP contribution is 2.41. The van der Waals surface area contributed by atoms with Crippen molar-refractivity contribution in [1.29, 1.82) is 0 Å². The standard InChI is InChI=1S/C13H21N3O5S/c1-2-10-12(15-21-14-10)22(18,19)16-6-3-11(17)13(9-16)4-7-20-8-5-13/h11,17H,2-9H2,1H3. The van der Waals surface area contributed by atoms with Crippen molar-refractivity contribution < 1.29 is 22.9 Å². The molecule has 0 radical (unpaired) electrons. The SMILES string of the molecule is CCc1nonc1S(=O)(=O)N1CCC(O)C2(CCOCC2)C1. The van der Waals surface area contributed by atoms with Gasteiger partial charge in [-0.15, -0.1) is 0 Å². The minimum absolute atomic E-state index is 0.103. The number of aromatic nitrogens is 2. The Morgan fingerprint density at radius 1 is 1.36 bits per heavy atom. The van der Waals surface area contributed by atoms with Gasteiger partial charge >= 0.3 is 0 Å². The summed E-state index contributed by atoms with van der Waals surface area (Å²) in [6.45, 7) is 3.48. The Hall–Kier alpha value is -1.03. The fourth-order valence-electron chi connectivity index (χ4n) is 3.32. The maximum atomic E-state index is 12.8. The highest BCUT2D eigenvalue weighted by atomic mass is 32.2. The Morgan fingerprint density at radius 3 is 2.77 bits per heavy atom. The summed E-state index contributed by atoms with van der Waals surface area (Å²) < 4.78 is 37.0. The summed E-state index contributed by atoms with van der Waals surface area (Å²) in [5.74, 6) is 0. The van der Waals surface area contributed by atoms with Crippen LogP contribution in [0.5, 0.6) is 0 Å². The Kier molecular flexibility index (Phi) is 4.23. The topological polar surface area (TPSA) is 106 Å². The molecule has 1 aromatic rings. The van der Waals surface area contributed by atoms with Gasteiger partial charge in [-0.3, -0.25) is 0 Å². The van der Waals surface area contributed by atoms with Crippen molar-refractivity contribution in [3.63, 3.8) is 0 Å². The van der Waals surface area contributed by atoms with Crippen molar-refractivity contribution in [3.05, 3.63) is 5.69 Å². The molecule has 1 spiro atoms. The summed E-state index contributed by atoms with van der Waals surface area (Å²) >= 11 is 0. The normalized spacial score (nSPS) is 26.4. The lowest BCUT2D eigenvalue weighted by Crippen LogP contribution is -2.55. The van der Waals surface area contributed by atoms with E-state index in [0.29, 0.717) is 44.6 Å². The molecule has 9 heteroatoms. The van der Waals surface area contributed by atoms with Crippen LogP contribution >= 0.6 is 0 Å². The lowest BCUT2D eigenvalue weighted by atomic mass is 9.72. The Bertz CT molecular complexity index is 623. The van der Waals surface area contributed by atoms with Crippen LogP contribution in [0.2, 0.25) is 0 Å². The third kappa shape index (κ3) is 2.55. The van der Waals surface area contributed by atoms with Gasteiger partial charge in [-0.1, -0.05) is 12.1 Å². The molecule has 0 saturated carbocycles. The summed E-state index contributed by atoms with van der Waals surface area (Å²) in [5.41, 5.74) is -0.0835. The van der Waals surface area contributed by atoms with E-state index in [1.54, 1.807) is 6.92 Å². The maximum Gasteiger partial charge on any atom is 0.266 e. The number of hydrogen-bond donors (Lipinski definition) is 1. The number of nitrogens with zero attached hydrogens (tertiary/aromatic N) is 3. The first-order valence-electron chi connectivity index (χ1n) is 7.57. The molecule has 8 nitrogen and oxygen atoms in total. The Morgan fingerprint density at radius 2 is 2.09 bits per heavy atom. The van der Waals surface area contributed by atoms with E-state index in [4.69, 9.17) is 4.74 Å². The van der Waals surface area contributed by atoms with E-state index in [1.807, 2.05) is 0 Å². The third-order valence-corrected chi connectivity index (χ3v) is 6.57. The van der Waals surface area contributed by atoms with E-state index in [0.717, 1.165) is 0 Å². The van der Waals surface area contributed by atoms with E-state index in [-0.39, 0.29) is 18.1 Å². The molecule has 0 aromatic carbocycles. The molecule has 1 unspecified atom stereocenters. The van der Waals surface area contributed by atoms with Crippen LogP contribution in [-0.4, -0.2) is 60.6 Å². The maximum absolute atomic E-state index is 12.8. The molecule has 3 heterocycles. The van der Waals surface area contributed by atoms with Crippen LogP contribution in [0.3, 0.4) is 0 Å². The second-order valence-electron chi connectivity index (χ2n) is 5.99. The molecule has 2 saturated heterocycles. The van der Waals surface area contributed by atoms with Gasteiger partial charge in [0.05, 0.1) is 6.10 Å². The van der Waals surface area contributed by atoms with Crippen LogP contribution in [-0.2, 0) is 21.2 Å². The molecule has 2 fully saturated rings. The number of piperidine rings is 1. The van der Waals surface area contributed by atoms with Gasteiger partial charge in [-0.05, 0) is 30.8 Å². The van der Waals surface area contributed by atoms with Crippen LogP contribution in [0.1, 0.15) is 31.9 Å². The highest BCUT2D eigenvalue weighted by Gasteiger charge is 2.47. The highest BCUT2D eigenvalue weighted by molar-refractivity contribution is 7.89. The van der Waals surface area contributed by atoms with Crippen molar-refractivity contribution in [2.75, 3.05) is 26.3 Å². The van der Waals surface area contributed by atoms with Crippen molar-refractivity contribution >= 4 is 10.0 Å². The first-order valence-corrected chi connectivity index (χ1v) is 9.01. The molecule has 2 aliphatic heterocycles. The third-order valence-electron chi connectivity index (χ3n) is 4.78. The smallest absolute Gasteiger partial charge is 0.266 e. The Labute approximate surface area is 129 Å². The van der Waals surface area contributed by atoms with Gasteiger partial charge in [0.2, 0.25) is 5.03 Å². The first kappa shape index (κ1) is 15.9. The van der Waals surface area contributed by atoms with Crippen LogP contribution in [0.25, 0.3) is 0 Å². The summed E-state index contributed by atoms with van der Waals surface area (Å²) in [7, 11) is -3.75. The second kappa shape index (κ2) is 5.88. The van der Waals surface area contributed by atoms with Crippen molar-refractivity contribution in [2.45, 2.75) is 43.7 Å². The van der Waals surface area contributed by atoms with Gasteiger partial charge in [0.15, 0.2) is 0 Å². The van der Waals surface area contributed by atoms with Crippen molar-refractivity contribution in [1.82, 2.24) is 14.6 Å². The fourth-order valence-corrected chi connectivity index (χ4v) is 4.94.